The number of aromatic nitrogens is 3. The number of nitrogens with zero attached hydrogens (tertiary/aromatic N) is 2. The average Bonchev–Trinajstić information content (AvgIpc) is 2.70. The highest BCUT2D eigenvalue weighted by Gasteiger charge is 2.07. The van der Waals surface area contributed by atoms with Crippen LogP contribution in [0.2, 0.25) is 0 Å². The van der Waals surface area contributed by atoms with Gasteiger partial charge < -0.3 is 10.3 Å². The average molecular weight is 206 g/mol. The first kappa shape index (κ1) is 9.64. The zero-order valence-electron chi connectivity index (χ0n) is 8.24. The monoisotopic (exact) mass is 206 g/mol. The Balaban J connectivity index is 2.09. The van der Waals surface area contributed by atoms with Crippen LogP contribution >= 0.6 is 0 Å². The molecule has 1 unspecified atom stereocenters. The highest BCUT2D eigenvalue weighted by Crippen LogP contribution is 2.13. The van der Waals surface area contributed by atoms with Gasteiger partial charge in [-0.2, -0.15) is 4.39 Å². The summed E-state index contributed by atoms with van der Waals surface area (Å²) in [7, 11) is 0. The quantitative estimate of drug-likeness (QED) is 0.756. The summed E-state index contributed by atoms with van der Waals surface area (Å²) in [5.41, 5.74) is 0. The summed E-state index contributed by atoms with van der Waals surface area (Å²) in [4.78, 5) is 10.8. The first-order chi connectivity index (χ1) is 7.25. The van der Waals surface area contributed by atoms with E-state index in [1.807, 2.05) is 6.92 Å². The topological polar surface area (TPSA) is 53.6 Å². The first-order valence-corrected chi connectivity index (χ1v) is 4.64. The molecule has 78 valence electrons. The van der Waals surface area contributed by atoms with Crippen molar-refractivity contribution in [3.8, 4) is 0 Å². The van der Waals surface area contributed by atoms with Gasteiger partial charge >= 0.3 is 0 Å². The molecule has 2 heterocycles. The lowest BCUT2D eigenvalue weighted by atomic mass is 10.3. The molecule has 0 aliphatic rings. The summed E-state index contributed by atoms with van der Waals surface area (Å²) >= 11 is 0. The number of hydrogen-bond donors (Lipinski definition) is 2. The van der Waals surface area contributed by atoms with Crippen molar-refractivity contribution in [2.45, 2.75) is 13.0 Å². The zero-order chi connectivity index (χ0) is 10.7. The lowest BCUT2D eigenvalue weighted by Gasteiger charge is -2.11. The molecule has 2 rings (SSSR count). The standard InChI is InChI=1S/C10H11FN4/c1-7(10-12-5-6-13-10)14-9-4-2-3-8(11)15-9/h2-7H,1H3,(H,12,13)(H,14,15). The van der Waals surface area contributed by atoms with Gasteiger partial charge in [0.05, 0.1) is 6.04 Å². The lowest BCUT2D eigenvalue weighted by Crippen LogP contribution is -2.09. The van der Waals surface area contributed by atoms with E-state index in [4.69, 9.17) is 0 Å². The van der Waals surface area contributed by atoms with Gasteiger partial charge in [0.15, 0.2) is 0 Å². The third kappa shape index (κ3) is 2.31. The van der Waals surface area contributed by atoms with Crippen molar-refractivity contribution < 1.29 is 4.39 Å². The second-order valence-corrected chi connectivity index (χ2v) is 3.19. The maximum absolute atomic E-state index is 12.8. The Kier molecular flexibility index (Phi) is 2.62. The molecule has 0 saturated carbocycles. The van der Waals surface area contributed by atoms with Gasteiger partial charge in [-0.25, -0.2) is 9.97 Å². The molecular weight excluding hydrogens is 195 g/mol. The highest BCUT2D eigenvalue weighted by atomic mass is 19.1. The number of halogens is 1. The van der Waals surface area contributed by atoms with Crippen LogP contribution in [-0.4, -0.2) is 15.0 Å². The number of aromatic amines is 1. The number of rotatable bonds is 3. The summed E-state index contributed by atoms with van der Waals surface area (Å²) in [6.45, 7) is 1.92. The summed E-state index contributed by atoms with van der Waals surface area (Å²) in [6.07, 6.45) is 3.42. The predicted octanol–water partition coefficient (Wildman–Crippen LogP) is 2.12. The van der Waals surface area contributed by atoms with Crippen LogP contribution in [-0.2, 0) is 0 Å². The van der Waals surface area contributed by atoms with Gasteiger partial charge in [-0.3, -0.25) is 0 Å². The van der Waals surface area contributed by atoms with E-state index >= 15 is 0 Å². The van der Waals surface area contributed by atoms with Gasteiger partial charge in [0.1, 0.15) is 11.6 Å². The van der Waals surface area contributed by atoms with E-state index in [2.05, 4.69) is 20.3 Å². The van der Waals surface area contributed by atoms with E-state index < -0.39 is 5.95 Å². The molecule has 0 aliphatic carbocycles. The Morgan fingerprint density at radius 1 is 1.47 bits per heavy atom. The van der Waals surface area contributed by atoms with E-state index in [9.17, 15) is 4.39 Å². The maximum Gasteiger partial charge on any atom is 0.214 e. The second-order valence-electron chi connectivity index (χ2n) is 3.19. The molecule has 0 radical (unpaired) electrons. The summed E-state index contributed by atoms with van der Waals surface area (Å²) < 4.78 is 12.8. The lowest BCUT2D eigenvalue weighted by molar-refractivity contribution is 0.584. The number of hydrogen-bond acceptors (Lipinski definition) is 3. The van der Waals surface area contributed by atoms with E-state index in [0.29, 0.717) is 5.82 Å². The molecule has 15 heavy (non-hydrogen) atoms. The normalized spacial score (nSPS) is 12.4. The molecule has 0 amide bonds. The Morgan fingerprint density at radius 3 is 3.00 bits per heavy atom. The number of imidazole rings is 1. The molecule has 0 aromatic carbocycles. The minimum absolute atomic E-state index is 0.0331. The molecule has 0 fully saturated rings. The zero-order valence-corrected chi connectivity index (χ0v) is 8.24. The van der Waals surface area contributed by atoms with E-state index in [-0.39, 0.29) is 6.04 Å². The molecule has 1 atom stereocenters. The predicted molar refractivity (Wildman–Crippen MR) is 54.8 cm³/mol. The Morgan fingerprint density at radius 2 is 2.33 bits per heavy atom. The maximum atomic E-state index is 12.8. The van der Waals surface area contributed by atoms with Gasteiger partial charge in [0.25, 0.3) is 0 Å². The minimum Gasteiger partial charge on any atom is -0.360 e. The molecule has 0 spiro atoms. The molecule has 4 nitrogen and oxygen atoms in total. The SMILES string of the molecule is CC(Nc1cccc(F)n1)c1ncc[nH]1. The van der Waals surface area contributed by atoms with Crippen LogP contribution in [0.1, 0.15) is 18.8 Å². The smallest absolute Gasteiger partial charge is 0.214 e. The van der Waals surface area contributed by atoms with Gasteiger partial charge in [-0.05, 0) is 19.1 Å². The van der Waals surface area contributed by atoms with Crippen molar-refractivity contribution in [3.63, 3.8) is 0 Å². The number of H-pyrrole nitrogens is 1. The fourth-order valence-corrected chi connectivity index (χ4v) is 1.29. The van der Waals surface area contributed by atoms with Crippen molar-refractivity contribution in [2.24, 2.45) is 0 Å². The Labute approximate surface area is 86.6 Å². The molecule has 0 aliphatic heterocycles. The van der Waals surface area contributed by atoms with Crippen molar-refractivity contribution in [2.75, 3.05) is 5.32 Å². The van der Waals surface area contributed by atoms with Crippen molar-refractivity contribution >= 4 is 5.82 Å². The van der Waals surface area contributed by atoms with E-state index in [1.165, 1.54) is 6.07 Å². The van der Waals surface area contributed by atoms with Crippen molar-refractivity contribution in [1.82, 2.24) is 15.0 Å². The van der Waals surface area contributed by atoms with E-state index in [0.717, 1.165) is 5.82 Å². The molecule has 0 saturated heterocycles. The minimum atomic E-state index is -0.494. The van der Waals surface area contributed by atoms with Crippen LogP contribution < -0.4 is 5.32 Å². The van der Waals surface area contributed by atoms with Crippen LogP contribution in [0.15, 0.2) is 30.6 Å². The summed E-state index contributed by atoms with van der Waals surface area (Å²) in [5.74, 6) is 0.798. The van der Waals surface area contributed by atoms with Crippen LogP contribution in [0.5, 0.6) is 0 Å². The van der Waals surface area contributed by atoms with Gasteiger partial charge in [0, 0.05) is 12.4 Å². The largest absolute Gasteiger partial charge is 0.360 e. The molecule has 0 bridgehead atoms. The van der Waals surface area contributed by atoms with Crippen LogP contribution in [0, 0.1) is 5.95 Å². The van der Waals surface area contributed by atoms with Gasteiger partial charge in [0.2, 0.25) is 5.95 Å². The van der Waals surface area contributed by atoms with Crippen LogP contribution in [0.3, 0.4) is 0 Å². The number of nitrogens with one attached hydrogen (secondary N) is 2. The van der Waals surface area contributed by atoms with Crippen LogP contribution in [0.4, 0.5) is 10.2 Å². The van der Waals surface area contributed by atoms with Crippen LogP contribution in [0.25, 0.3) is 0 Å². The molecule has 5 heteroatoms. The van der Waals surface area contributed by atoms with Crippen molar-refractivity contribution in [1.29, 1.82) is 0 Å². The second kappa shape index (κ2) is 4.08. The van der Waals surface area contributed by atoms with Gasteiger partial charge in [-0.1, -0.05) is 6.07 Å². The highest BCUT2D eigenvalue weighted by molar-refractivity contribution is 5.35. The number of pyridine rings is 1. The van der Waals surface area contributed by atoms with Crippen molar-refractivity contribution in [3.05, 3.63) is 42.4 Å². The molecule has 2 N–H and O–H groups in total. The Hall–Kier alpha value is -1.91. The molecule has 2 aromatic heterocycles. The van der Waals surface area contributed by atoms with Gasteiger partial charge in [-0.15, -0.1) is 0 Å². The number of anilines is 1. The fourth-order valence-electron chi connectivity index (χ4n) is 1.29. The summed E-state index contributed by atoms with van der Waals surface area (Å²) in [5, 5.41) is 3.04. The Bertz CT molecular complexity index is 427. The van der Waals surface area contributed by atoms with E-state index in [1.54, 1.807) is 24.5 Å². The molecular formula is C10H11FN4. The fraction of sp³-hybridized carbons (Fsp3) is 0.200. The third-order valence-electron chi connectivity index (χ3n) is 2.01. The summed E-state index contributed by atoms with van der Waals surface area (Å²) in [6, 6.07) is 4.60. The third-order valence-corrected chi connectivity index (χ3v) is 2.01. The first-order valence-electron chi connectivity index (χ1n) is 4.64. The molecule has 2 aromatic rings.